The van der Waals surface area contributed by atoms with Crippen LogP contribution in [0.1, 0.15) is 223 Å². The molecule has 2 unspecified atom stereocenters. The number of carboxylic acid groups (broad SMARTS) is 2. The van der Waals surface area contributed by atoms with Crippen molar-refractivity contribution in [1.82, 2.24) is 10.6 Å². The number of unbranched alkanes of at least 4 members (excludes halogenated alkanes) is 9. The molecule has 10 heteroatoms. The normalized spacial score (nSPS) is 14.8. The van der Waals surface area contributed by atoms with E-state index >= 15 is 0 Å². The predicted octanol–water partition coefficient (Wildman–Crippen LogP) is 13.3. The fourth-order valence-electron chi connectivity index (χ4n) is 8.06. The summed E-state index contributed by atoms with van der Waals surface area (Å²) in [6.45, 7) is 4.03. The van der Waals surface area contributed by atoms with E-state index < -0.39 is 29.7 Å². The van der Waals surface area contributed by atoms with E-state index in [9.17, 15) is 29.4 Å². The molecule has 0 saturated heterocycles. The van der Waals surface area contributed by atoms with Crippen LogP contribution >= 0.6 is 0 Å². The molecule has 386 valence electrons. The lowest BCUT2D eigenvalue weighted by atomic mass is 9.97. The van der Waals surface area contributed by atoms with Gasteiger partial charge in [-0.1, -0.05) is 171 Å². The van der Waals surface area contributed by atoms with Crippen molar-refractivity contribution in [3.63, 3.8) is 0 Å². The highest BCUT2D eigenvalue weighted by Gasteiger charge is 2.22. The number of rotatable bonds is 23. The maximum atomic E-state index is 11.8. The predicted molar refractivity (Wildman–Crippen MR) is 282 cm³/mol. The Morgan fingerprint density at radius 3 is 1.26 bits per heavy atom. The third kappa shape index (κ3) is 35.2. The van der Waals surface area contributed by atoms with Gasteiger partial charge >= 0.3 is 23.9 Å². The van der Waals surface area contributed by atoms with Crippen LogP contribution in [0.15, 0.2) is 60.7 Å². The van der Waals surface area contributed by atoms with Gasteiger partial charge in [-0.3, -0.25) is 19.2 Å². The number of carbonyl (C=O) groups excluding carboxylic acids is 2. The van der Waals surface area contributed by atoms with Crippen molar-refractivity contribution < 1.29 is 38.9 Å². The highest BCUT2D eigenvalue weighted by atomic mass is 16.5. The van der Waals surface area contributed by atoms with Gasteiger partial charge in [-0.05, 0) is 76.6 Å². The molecule has 0 bridgehead atoms. The number of ether oxygens (including phenoxy) is 2. The van der Waals surface area contributed by atoms with Crippen molar-refractivity contribution in [2.24, 2.45) is 0 Å². The fourth-order valence-corrected chi connectivity index (χ4v) is 8.06. The Labute approximate surface area is 418 Å². The van der Waals surface area contributed by atoms with Crippen LogP contribution in [0.2, 0.25) is 0 Å². The largest absolute Gasteiger partial charge is 0.481 e. The van der Waals surface area contributed by atoms with Crippen LogP contribution in [0.4, 0.5) is 0 Å². The molecule has 2 fully saturated rings. The van der Waals surface area contributed by atoms with Gasteiger partial charge in [-0.2, -0.15) is 0 Å². The number of carbonyl (C=O) groups is 4. The minimum atomic E-state index is -1.00. The molecule has 4 N–H and O–H groups in total. The summed E-state index contributed by atoms with van der Waals surface area (Å²) in [5, 5.41) is 25.3. The summed E-state index contributed by atoms with van der Waals surface area (Å²) in [5.41, 5.74) is 1.27. The first-order chi connectivity index (χ1) is 33.7. The maximum Gasteiger partial charge on any atom is 0.314 e. The zero-order chi connectivity index (χ0) is 50.4. The van der Waals surface area contributed by atoms with E-state index in [1.54, 1.807) is 48.5 Å². The highest BCUT2D eigenvalue weighted by molar-refractivity contribution is 5.78. The summed E-state index contributed by atoms with van der Waals surface area (Å²) in [7, 11) is 4.18. The Morgan fingerprint density at radius 2 is 0.855 bits per heavy atom. The van der Waals surface area contributed by atoms with Gasteiger partial charge in [-0.25, -0.2) is 0 Å². The molecule has 4 rings (SSSR count). The average Bonchev–Trinajstić information content (AvgIpc) is 3.33. The number of benzene rings is 2. The van der Waals surface area contributed by atoms with Crippen LogP contribution < -0.4 is 10.6 Å². The second-order valence-electron chi connectivity index (χ2n) is 18.3. The van der Waals surface area contributed by atoms with Crippen molar-refractivity contribution in [3.05, 3.63) is 71.8 Å². The summed E-state index contributed by atoms with van der Waals surface area (Å²) in [5.74, 6) is 7.87. The van der Waals surface area contributed by atoms with E-state index in [0.717, 1.165) is 50.6 Å². The van der Waals surface area contributed by atoms with Crippen molar-refractivity contribution in [2.75, 3.05) is 27.3 Å². The Balaban J connectivity index is 0.000000500. The lowest BCUT2D eigenvalue weighted by Gasteiger charge is -2.18. The molecule has 2 saturated carbocycles. The second kappa shape index (κ2) is 44.6. The van der Waals surface area contributed by atoms with E-state index in [1.165, 1.54) is 122 Å². The van der Waals surface area contributed by atoms with Gasteiger partial charge in [0.25, 0.3) is 0 Å². The smallest absolute Gasteiger partial charge is 0.314 e. The molecule has 10 nitrogen and oxygen atoms in total. The number of nitrogens with one attached hydrogen (secondary N) is 2. The molecule has 69 heavy (non-hydrogen) atoms. The molecule has 2 aliphatic rings. The lowest BCUT2D eigenvalue weighted by Crippen LogP contribution is -2.25. The van der Waals surface area contributed by atoms with Crippen LogP contribution in [-0.2, 0) is 28.7 Å². The van der Waals surface area contributed by atoms with E-state index in [1.807, 2.05) is 12.1 Å². The van der Waals surface area contributed by atoms with Crippen molar-refractivity contribution >= 4 is 23.9 Å². The van der Waals surface area contributed by atoms with Crippen LogP contribution in [-0.4, -0.2) is 73.5 Å². The van der Waals surface area contributed by atoms with Gasteiger partial charge in [0.15, 0.2) is 0 Å². The molecular weight excluding hydrogens is 865 g/mol. The van der Waals surface area contributed by atoms with Gasteiger partial charge in [0.2, 0.25) is 0 Å². The van der Waals surface area contributed by atoms with Crippen LogP contribution in [0.5, 0.6) is 0 Å². The zero-order valence-corrected chi connectivity index (χ0v) is 43.3. The minimum absolute atomic E-state index is 0.129. The summed E-state index contributed by atoms with van der Waals surface area (Å²) in [6, 6.07) is 19.2. The van der Waals surface area contributed by atoms with Gasteiger partial charge in [0.05, 0.1) is 6.42 Å². The molecule has 0 aliphatic heterocycles. The van der Waals surface area contributed by atoms with Gasteiger partial charge in [-0.15, -0.1) is 23.7 Å². The maximum absolute atomic E-state index is 11.8. The molecule has 0 amide bonds. The Hall–Kier alpha value is -4.64. The quantitative estimate of drug-likeness (QED) is 0.0481. The fraction of sp³-hybridized carbons (Fsp3) is 0.661. The second-order valence-corrected chi connectivity index (χ2v) is 18.3. The van der Waals surface area contributed by atoms with E-state index in [2.05, 4.69) is 62.3 Å². The topological polar surface area (TPSA) is 151 Å². The highest BCUT2D eigenvalue weighted by Crippen LogP contribution is 2.20. The third-order valence-electron chi connectivity index (χ3n) is 12.5. The molecule has 0 radical (unpaired) electrons. The molecule has 2 aromatic carbocycles. The standard InChI is InChI=1S/C23H32O4.C18H22O4.2C9H19N/c1-2-3-4-5-6-7-8-9-10-11-15-18-22(24)27-19-21(23(25)26)20-16-13-12-14-17-20;1-2-3-4-5-6-10-13-17(19)22-14-16(18(20)21)15-11-8-7-9-12-15;2*1-10-9-7-5-3-2-4-6-8-9/h12-14,16-17,21H,2-7,10-11,15,18-19H2,1H3,(H,25,26);7-9,11-12,16H,2-4,10,13-14H2,1H3,(H,20,21);2*9-10H,2-8H2,1H3. The summed E-state index contributed by atoms with van der Waals surface area (Å²) in [4.78, 5) is 46.0. The SMILES string of the molecule is CCCCC#CCCC(=O)OCC(C(=O)O)c1ccccc1.CCCCCCCC#CCCCCC(=O)OCC(C(=O)O)c1ccccc1.CNC1CCCCCCC1.CNC1CCCCCCC1. The van der Waals surface area contributed by atoms with E-state index in [4.69, 9.17) is 9.47 Å². The van der Waals surface area contributed by atoms with Crippen LogP contribution in [0.3, 0.4) is 0 Å². The molecule has 2 atom stereocenters. The number of hydrogen-bond donors (Lipinski definition) is 4. The Kier molecular flexibility index (Phi) is 40.3. The number of carboxylic acids is 2. The molecule has 0 heterocycles. The lowest BCUT2D eigenvalue weighted by molar-refractivity contribution is -0.150. The van der Waals surface area contributed by atoms with Gasteiger partial charge in [0, 0.05) is 44.2 Å². The first-order valence-electron chi connectivity index (χ1n) is 26.8. The number of aliphatic carboxylic acids is 2. The minimum Gasteiger partial charge on any atom is -0.481 e. The summed E-state index contributed by atoms with van der Waals surface area (Å²) in [6.07, 6.45) is 33.7. The number of esters is 2. The van der Waals surface area contributed by atoms with E-state index in [-0.39, 0.29) is 25.6 Å². The van der Waals surface area contributed by atoms with Crippen molar-refractivity contribution in [1.29, 1.82) is 0 Å². The molecule has 0 aromatic heterocycles. The molecular formula is C59H92N2O8. The average molecular weight is 957 g/mol. The van der Waals surface area contributed by atoms with Gasteiger partial charge in [0.1, 0.15) is 25.0 Å². The summed E-state index contributed by atoms with van der Waals surface area (Å²) < 4.78 is 10.2. The van der Waals surface area contributed by atoms with Crippen LogP contribution in [0, 0.1) is 23.7 Å². The van der Waals surface area contributed by atoms with E-state index in [0.29, 0.717) is 30.4 Å². The van der Waals surface area contributed by atoms with Crippen molar-refractivity contribution in [3.8, 4) is 23.7 Å². The monoisotopic (exact) mass is 957 g/mol. The zero-order valence-electron chi connectivity index (χ0n) is 43.3. The first kappa shape index (κ1) is 62.4. The summed E-state index contributed by atoms with van der Waals surface area (Å²) >= 11 is 0. The van der Waals surface area contributed by atoms with Crippen molar-refractivity contribution in [2.45, 2.75) is 224 Å². The number of hydrogen-bond acceptors (Lipinski definition) is 8. The first-order valence-corrected chi connectivity index (χ1v) is 26.8. The molecule has 2 aromatic rings. The Morgan fingerprint density at radius 1 is 0.493 bits per heavy atom. The third-order valence-corrected chi connectivity index (χ3v) is 12.5. The molecule has 0 spiro atoms. The van der Waals surface area contributed by atoms with Gasteiger partial charge < -0.3 is 30.3 Å². The van der Waals surface area contributed by atoms with Crippen LogP contribution in [0.25, 0.3) is 0 Å². The Bertz CT molecular complexity index is 1680. The molecule has 2 aliphatic carbocycles.